The Hall–Kier alpha value is -6.96. The zero-order valence-electron chi connectivity index (χ0n) is 30.7. The highest BCUT2D eigenvalue weighted by molar-refractivity contribution is 6.11. The van der Waals surface area contributed by atoms with Crippen molar-refractivity contribution >= 4 is 27.8 Å². The Morgan fingerprint density at radius 3 is 1.56 bits per heavy atom. The van der Waals surface area contributed by atoms with Gasteiger partial charge in [0.05, 0.1) is 11.1 Å². The first kappa shape index (κ1) is 32.7. The van der Waals surface area contributed by atoms with Crippen LogP contribution in [0, 0.1) is 6.92 Å². The summed E-state index contributed by atoms with van der Waals surface area (Å²) in [6.45, 7) is 2.23. The lowest BCUT2D eigenvalue weighted by Crippen LogP contribution is -2.28. The molecule has 0 fully saturated rings. The normalized spacial score (nSPS) is 12.6. The van der Waals surface area contributed by atoms with E-state index in [4.69, 9.17) is 0 Å². The van der Waals surface area contributed by atoms with Crippen molar-refractivity contribution in [3.8, 4) is 33.4 Å². The molecule has 1 aliphatic carbocycles. The van der Waals surface area contributed by atoms with Gasteiger partial charge in [0.15, 0.2) is 0 Å². The molecule has 0 spiro atoms. The molecule has 260 valence electrons. The maximum Gasteiger partial charge on any atom is 0.0714 e. The van der Waals surface area contributed by atoms with Crippen molar-refractivity contribution in [1.29, 1.82) is 0 Å². The van der Waals surface area contributed by atoms with Crippen molar-refractivity contribution in [3.05, 3.63) is 246 Å². The minimum atomic E-state index is -0.518. The third-order valence-electron chi connectivity index (χ3n) is 11.5. The number of rotatable bonds is 7. The summed E-state index contributed by atoms with van der Waals surface area (Å²) in [6.07, 6.45) is 0. The third kappa shape index (κ3) is 5.23. The average molecular weight is 702 g/mol. The smallest absolute Gasteiger partial charge is 0.0714 e. The molecule has 0 unspecified atom stereocenters. The Morgan fingerprint density at radius 2 is 0.909 bits per heavy atom. The zero-order chi connectivity index (χ0) is 36.8. The van der Waals surface area contributed by atoms with Gasteiger partial charge in [-0.05, 0) is 92.2 Å². The molecule has 0 N–H and O–H groups in total. The number of aryl methyl sites for hydroxylation is 1. The van der Waals surface area contributed by atoms with E-state index in [0.29, 0.717) is 0 Å². The van der Waals surface area contributed by atoms with Gasteiger partial charge in [0.25, 0.3) is 0 Å². The second-order valence-electron chi connectivity index (χ2n) is 14.5. The molecule has 9 aromatic rings. The van der Waals surface area contributed by atoms with Gasteiger partial charge in [-0.1, -0.05) is 194 Å². The summed E-state index contributed by atoms with van der Waals surface area (Å²) in [7, 11) is 0. The molecule has 0 saturated carbocycles. The summed E-state index contributed by atoms with van der Waals surface area (Å²) in [5.41, 5.74) is 16.7. The van der Waals surface area contributed by atoms with Crippen molar-refractivity contribution in [2.75, 3.05) is 4.90 Å². The summed E-state index contributed by atoms with van der Waals surface area (Å²) in [6, 6.07) is 80.1. The van der Waals surface area contributed by atoms with Gasteiger partial charge in [-0.3, -0.25) is 0 Å². The van der Waals surface area contributed by atoms with Crippen molar-refractivity contribution in [2.45, 2.75) is 12.3 Å². The molecule has 0 heterocycles. The van der Waals surface area contributed by atoms with Crippen LogP contribution in [0.3, 0.4) is 0 Å². The van der Waals surface area contributed by atoms with Gasteiger partial charge in [0, 0.05) is 22.3 Å². The highest BCUT2D eigenvalue weighted by Crippen LogP contribution is 2.61. The molecular formula is C54H39N. The Morgan fingerprint density at radius 1 is 0.400 bits per heavy atom. The van der Waals surface area contributed by atoms with Gasteiger partial charge in [-0.15, -0.1) is 0 Å². The topological polar surface area (TPSA) is 3.24 Å². The average Bonchev–Trinajstić information content (AvgIpc) is 3.56. The van der Waals surface area contributed by atoms with Crippen LogP contribution in [-0.2, 0) is 5.41 Å². The minimum Gasteiger partial charge on any atom is -0.309 e. The molecule has 0 saturated heterocycles. The molecule has 1 heteroatoms. The van der Waals surface area contributed by atoms with E-state index in [-0.39, 0.29) is 0 Å². The Kier molecular flexibility index (Phi) is 8.00. The van der Waals surface area contributed by atoms with Crippen molar-refractivity contribution in [1.82, 2.24) is 0 Å². The van der Waals surface area contributed by atoms with Gasteiger partial charge in [-0.2, -0.15) is 0 Å². The third-order valence-corrected chi connectivity index (χ3v) is 11.5. The lowest BCUT2D eigenvalue weighted by Gasteiger charge is -2.35. The first-order valence-corrected chi connectivity index (χ1v) is 19.1. The summed E-state index contributed by atoms with van der Waals surface area (Å²) < 4.78 is 0. The van der Waals surface area contributed by atoms with Crippen LogP contribution < -0.4 is 4.90 Å². The van der Waals surface area contributed by atoms with E-state index in [1.165, 1.54) is 77.7 Å². The van der Waals surface area contributed by atoms with Gasteiger partial charge in [0.2, 0.25) is 0 Å². The monoisotopic (exact) mass is 701 g/mol. The molecule has 0 aliphatic heterocycles. The Bertz CT molecular complexity index is 2760. The van der Waals surface area contributed by atoms with E-state index in [9.17, 15) is 0 Å². The molecule has 0 aromatic heterocycles. The van der Waals surface area contributed by atoms with Gasteiger partial charge in [0.1, 0.15) is 0 Å². The summed E-state index contributed by atoms with van der Waals surface area (Å²) >= 11 is 0. The van der Waals surface area contributed by atoms with Crippen LogP contribution in [0.4, 0.5) is 17.1 Å². The van der Waals surface area contributed by atoms with Crippen molar-refractivity contribution in [2.24, 2.45) is 0 Å². The lowest BCUT2D eigenvalue weighted by molar-refractivity contribution is 0.769. The van der Waals surface area contributed by atoms with Gasteiger partial charge < -0.3 is 4.90 Å². The van der Waals surface area contributed by atoms with Crippen molar-refractivity contribution in [3.63, 3.8) is 0 Å². The molecule has 1 aliphatic rings. The maximum atomic E-state index is 2.52. The number of fused-ring (bicyclic) bond motifs is 4. The summed E-state index contributed by atoms with van der Waals surface area (Å²) in [5.74, 6) is 0. The SMILES string of the molecule is Cc1ccccc1N(c1ccc(-c2ccccc2-c2ccccc2)cc1)c1c2c(cc3ccccc13)C(c1ccccc1)(c1ccccc1)c1ccccc1-2. The molecule has 1 nitrogen and oxygen atoms in total. The molecule has 10 rings (SSSR count). The number of hydrogen-bond acceptors (Lipinski definition) is 1. The predicted molar refractivity (Wildman–Crippen MR) is 232 cm³/mol. The molecule has 0 radical (unpaired) electrons. The van der Waals surface area contributed by atoms with E-state index in [1.54, 1.807) is 0 Å². The zero-order valence-corrected chi connectivity index (χ0v) is 30.7. The highest BCUT2D eigenvalue weighted by atomic mass is 15.1. The molecule has 0 bridgehead atoms. The molecule has 9 aromatic carbocycles. The van der Waals surface area contributed by atoms with Crippen LogP contribution in [-0.4, -0.2) is 0 Å². The number of nitrogens with zero attached hydrogens (tertiary/aromatic N) is 1. The highest BCUT2D eigenvalue weighted by Gasteiger charge is 2.48. The quantitative estimate of drug-likeness (QED) is 0.160. The van der Waals surface area contributed by atoms with Crippen molar-refractivity contribution < 1.29 is 0 Å². The van der Waals surface area contributed by atoms with Crippen LogP contribution >= 0.6 is 0 Å². The van der Waals surface area contributed by atoms with E-state index in [0.717, 1.165) is 11.4 Å². The molecule has 55 heavy (non-hydrogen) atoms. The number of hydrogen-bond donors (Lipinski definition) is 0. The number of anilines is 3. The second-order valence-corrected chi connectivity index (χ2v) is 14.5. The molecular weight excluding hydrogens is 663 g/mol. The fourth-order valence-corrected chi connectivity index (χ4v) is 9.06. The number of benzene rings is 9. The van der Waals surface area contributed by atoms with Crippen LogP contribution in [0.2, 0.25) is 0 Å². The van der Waals surface area contributed by atoms with Gasteiger partial charge >= 0.3 is 0 Å². The maximum absolute atomic E-state index is 2.52. The summed E-state index contributed by atoms with van der Waals surface area (Å²) in [4.78, 5) is 2.52. The lowest BCUT2D eigenvalue weighted by atomic mass is 9.67. The Labute approximate surface area is 323 Å². The first-order valence-electron chi connectivity index (χ1n) is 19.1. The summed E-state index contributed by atoms with van der Waals surface area (Å²) in [5, 5.41) is 2.43. The van der Waals surface area contributed by atoms with E-state index >= 15 is 0 Å². The standard InChI is InChI=1S/C54H39N/c1-38-19-11-18-32-51(38)55(44-35-33-40(34-36-44)46-28-15-14-27-45(46)39-20-5-2-6-21-39)53-47-29-13-12-22-41(47)37-50-52(53)48-30-16-17-31-49(48)54(50,42-23-7-3-8-24-42)43-25-9-4-10-26-43/h2-37H,1H3. The van der Waals surface area contributed by atoms with Crippen LogP contribution in [0.1, 0.15) is 27.8 Å². The van der Waals surface area contributed by atoms with Gasteiger partial charge in [-0.25, -0.2) is 0 Å². The van der Waals surface area contributed by atoms with E-state index in [2.05, 4.69) is 230 Å². The van der Waals surface area contributed by atoms with Crippen LogP contribution in [0.25, 0.3) is 44.2 Å². The largest absolute Gasteiger partial charge is 0.309 e. The van der Waals surface area contributed by atoms with E-state index < -0.39 is 5.41 Å². The first-order chi connectivity index (χ1) is 27.2. The second kappa shape index (κ2) is 13.5. The number of para-hydroxylation sites is 1. The minimum absolute atomic E-state index is 0.518. The fourth-order valence-electron chi connectivity index (χ4n) is 9.06. The Balaban J connectivity index is 1.28. The predicted octanol–water partition coefficient (Wildman–Crippen LogP) is 14.3. The van der Waals surface area contributed by atoms with Crippen LogP contribution in [0.5, 0.6) is 0 Å². The van der Waals surface area contributed by atoms with E-state index in [1.807, 2.05) is 0 Å². The molecule has 0 amide bonds. The fraction of sp³-hybridized carbons (Fsp3) is 0.0370. The van der Waals surface area contributed by atoms with Crippen LogP contribution in [0.15, 0.2) is 218 Å². The molecule has 0 atom stereocenters.